The molecule has 0 saturated heterocycles. The zero-order valence-electron chi connectivity index (χ0n) is 10.1. The number of nitro groups is 1. The molecule has 7 heteroatoms. The molecule has 98 valence electrons. The molecule has 0 aliphatic rings. The lowest BCUT2D eigenvalue weighted by Crippen LogP contribution is -2.26. The molecule has 0 aromatic heterocycles. The summed E-state index contributed by atoms with van der Waals surface area (Å²) in [4.78, 5) is 21.8. The van der Waals surface area contributed by atoms with Gasteiger partial charge in [0, 0.05) is 18.2 Å². The van der Waals surface area contributed by atoms with E-state index in [-0.39, 0.29) is 22.8 Å². The van der Waals surface area contributed by atoms with E-state index < -0.39 is 4.92 Å². The molecule has 0 radical (unpaired) electrons. The van der Waals surface area contributed by atoms with Crippen LogP contribution < -0.4 is 16.4 Å². The lowest BCUT2D eigenvalue weighted by molar-refractivity contribution is -0.383. The van der Waals surface area contributed by atoms with Crippen LogP contribution in [0.4, 0.5) is 11.4 Å². The number of nitrogens with zero attached hydrogens (tertiary/aromatic N) is 1. The minimum absolute atomic E-state index is 0.0479. The number of carbonyl (C=O) groups is 1. The molecule has 0 spiro atoms. The van der Waals surface area contributed by atoms with E-state index in [9.17, 15) is 14.9 Å². The molecule has 0 fully saturated rings. The predicted octanol–water partition coefficient (Wildman–Crippen LogP) is 0.516. The molecular weight excluding hydrogens is 236 g/mol. The van der Waals surface area contributed by atoms with Crippen molar-refractivity contribution in [1.82, 2.24) is 10.6 Å². The molecule has 0 bridgehead atoms. The maximum atomic E-state index is 11.7. The first-order chi connectivity index (χ1) is 8.56. The lowest BCUT2D eigenvalue weighted by Gasteiger charge is -2.05. The molecule has 7 nitrogen and oxygen atoms in total. The highest BCUT2D eigenvalue weighted by Crippen LogP contribution is 2.22. The molecule has 1 aromatic carbocycles. The van der Waals surface area contributed by atoms with Crippen molar-refractivity contribution in [3.8, 4) is 0 Å². The number of nitrogen functional groups attached to an aromatic ring is 1. The van der Waals surface area contributed by atoms with E-state index in [2.05, 4.69) is 10.6 Å². The summed E-state index contributed by atoms with van der Waals surface area (Å²) >= 11 is 0. The van der Waals surface area contributed by atoms with E-state index in [0.29, 0.717) is 6.54 Å². The van der Waals surface area contributed by atoms with Gasteiger partial charge < -0.3 is 16.4 Å². The lowest BCUT2D eigenvalue weighted by atomic mass is 10.1. The van der Waals surface area contributed by atoms with E-state index in [1.54, 1.807) is 0 Å². The fourth-order valence-corrected chi connectivity index (χ4v) is 1.41. The van der Waals surface area contributed by atoms with Gasteiger partial charge >= 0.3 is 0 Å². The number of rotatable bonds is 6. The molecule has 0 atom stereocenters. The second kappa shape index (κ2) is 6.55. The first-order valence-electron chi connectivity index (χ1n) is 5.53. The average molecular weight is 252 g/mol. The highest BCUT2D eigenvalue weighted by molar-refractivity contribution is 5.95. The largest absolute Gasteiger partial charge is 0.393 e. The number of anilines is 1. The van der Waals surface area contributed by atoms with Crippen LogP contribution in [0.25, 0.3) is 0 Å². The molecule has 18 heavy (non-hydrogen) atoms. The Bertz CT molecular complexity index is 448. The van der Waals surface area contributed by atoms with Crippen LogP contribution in [0.1, 0.15) is 16.8 Å². The van der Waals surface area contributed by atoms with Gasteiger partial charge in [0.05, 0.1) is 4.92 Å². The summed E-state index contributed by atoms with van der Waals surface area (Å²) in [6.07, 6.45) is 0.791. The van der Waals surface area contributed by atoms with E-state index in [1.807, 2.05) is 7.05 Å². The Kier molecular flexibility index (Phi) is 5.06. The van der Waals surface area contributed by atoms with Gasteiger partial charge in [-0.1, -0.05) is 0 Å². The van der Waals surface area contributed by atoms with Gasteiger partial charge in [-0.25, -0.2) is 0 Å². The van der Waals surface area contributed by atoms with Crippen molar-refractivity contribution in [3.63, 3.8) is 0 Å². The summed E-state index contributed by atoms with van der Waals surface area (Å²) < 4.78 is 0. The van der Waals surface area contributed by atoms with Crippen LogP contribution in [0.2, 0.25) is 0 Å². The molecule has 1 rings (SSSR count). The minimum Gasteiger partial charge on any atom is -0.393 e. The number of nitrogens with one attached hydrogen (secondary N) is 2. The quantitative estimate of drug-likeness (QED) is 0.296. The number of benzene rings is 1. The third-order valence-electron chi connectivity index (χ3n) is 2.38. The van der Waals surface area contributed by atoms with Gasteiger partial charge in [-0.3, -0.25) is 14.9 Å². The van der Waals surface area contributed by atoms with Crippen molar-refractivity contribution in [3.05, 3.63) is 33.9 Å². The van der Waals surface area contributed by atoms with E-state index in [4.69, 9.17) is 5.73 Å². The first kappa shape index (κ1) is 13.9. The normalized spacial score (nSPS) is 10.1. The van der Waals surface area contributed by atoms with Crippen molar-refractivity contribution in [2.75, 3.05) is 25.9 Å². The molecule has 0 saturated carbocycles. The molecule has 1 aromatic rings. The number of hydrogen-bond donors (Lipinski definition) is 3. The van der Waals surface area contributed by atoms with Crippen molar-refractivity contribution >= 4 is 17.3 Å². The van der Waals surface area contributed by atoms with Crippen molar-refractivity contribution in [2.24, 2.45) is 0 Å². The Hall–Kier alpha value is -2.15. The van der Waals surface area contributed by atoms with Crippen molar-refractivity contribution in [2.45, 2.75) is 6.42 Å². The molecule has 0 heterocycles. The summed E-state index contributed by atoms with van der Waals surface area (Å²) in [6, 6.07) is 4.01. The maximum Gasteiger partial charge on any atom is 0.292 e. The summed E-state index contributed by atoms with van der Waals surface area (Å²) in [5, 5.41) is 16.3. The highest BCUT2D eigenvalue weighted by Gasteiger charge is 2.15. The molecule has 0 unspecified atom stereocenters. The van der Waals surface area contributed by atoms with Gasteiger partial charge in [0.2, 0.25) is 0 Å². The number of nitro benzene ring substituents is 1. The van der Waals surface area contributed by atoms with Crippen LogP contribution in [0, 0.1) is 10.1 Å². The third-order valence-corrected chi connectivity index (χ3v) is 2.38. The Morgan fingerprint density at radius 2 is 2.17 bits per heavy atom. The molecular formula is C11H16N4O3. The Labute approximate surface area is 105 Å². The van der Waals surface area contributed by atoms with E-state index in [0.717, 1.165) is 13.0 Å². The van der Waals surface area contributed by atoms with Crippen LogP contribution in [0.5, 0.6) is 0 Å². The maximum absolute atomic E-state index is 11.7. The fraction of sp³-hybridized carbons (Fsp3) is 0.364. The van der Waals surface area contributed by atoms with Crippen molar-refractivity contribution < 1.29 is 9.72 Å². The van der Waals surface area contributed by atoms with Gasteiger partial charge in [0.25, 0.3) is 11.6 Å². The molecule has 1 amide bonds. The van der Waals surface area contributed by atoms with Gasteiger partial charge in [-0.05, 0) is 32.1 Å². The standard InChI is InChI=1S/C11H16N4O3/c1-13-5-2-6-14-11(16)8-3-4-9(12)10(7-8)15(17)18/h3-4,7,13H,2,5-6,12H2,1H3,(H,14,16). The topological polar surface area (TPSA) is 110 Å². The Morgan fingerprint density at radius 1 is 1.44 bits per heavy atom. The average Bonchev–Trinajstić information content (AvgIpc) is 2.34. The zero-order chi connectivity index (χ0) is 13.5. The van der Waals surface area contributed by atoms with Crippen LogP contribution >= 0.6 is 0 Å². The van der Waals surface area contributed by atoms with E-state index in [1.165, 1.54) is 18.2 Å². The van der Waals surface area contributed by atoms with Gasteiger partial charge in [0.15, 0.2) is 0 Å². The predicted molar refractivity (Wildman–Crippen MR) is 68.4 cm³/mol. The molecule has 4 N–H and O–H groups in total. The molecule has 0 aliphatic carbocycles. The Morgan fingerprint density at radius 3 is 2.78 bits per heavy atom. The summed E-state index contributed by atoms with van der Waals surface area (Å²) in [7, 11) is 1.82. The minimum atomic E-state index is -0.604. The second-order valence-corrected chi connectivity index (χ2v) is 3.74. The number of nitrogens with two attached hydrogens (primary N) is 1. The highest BCUT2D eigenvalue weighted by atomic mass is 16.6. The van der Waals surface area contributed by atoms with Crippen molar-refractivity contribution in [1.29, 1.82) is 0 Å². The smallest absolute Gasteiger partial charge is 0.292 e. The monoisotopic (exact) mass is 252 g/mol. The zero-order valence-corrected chi connectivity index (χ0v) is 10.1. The first-order valence-corrected chi connectivity index (χ1v) is 5.53. The SMILES string of the molecule is CNCCCNC(=O)c1ccc(N)c([N+](=O)[O-])c1. The van der Waals surface area contributed by atoms with Crippen LogP contribution in [-0.2, 0) is 0 Å². The summed E-state index contributed by atoms with van der Waals surface area (Å²) in [5.74, 6) is -0.339. The number of amides is 1. The number of hydrogen-bond acceptors (Lipinski definition) is 5. The van der Waals surface area contributed by atoms with E-state index >= 15 is 0 Å². The van der Waals surface area contributed by atoms with Crippen LogP contribution in [0.3, 0.4) is 0 Å². The summed E-state index contributed by atoms with van der Waals surface area (Å²) in [5.41, 5.74) is 5.48. The van der Waals surface area contributed by atoms with Crippen LogP contribution in [-0.4, -0.2) is 31.0 Å². The fourth-order valence-electron chi connectivity index (χ4n) is 1.41. The molecule has 0 aliphatic heterocycles. The van der Waals surface area contributed by atoms with Gasteiger partial charge in [0.1, 0.15) is 5.69 Å². The van der Waals surface area contributed by atoms with Gasteiger partial charge in [-0.2, -0.15) is 0 Å². The van der Waals surface area contributed by atoms with Gasteiger partial charge in [-0.15, -0.1) is 0 Å². The third kappa shape index (κ3) is 3.70. The Balaban J connectivity index is 2.68. The second-order valence-electron chi connectivity index (χ2n) is 3.74. The number of carbonyl (C=O) groups excluding carboxylic acids is 1. The summed E-state index contributed by atoms with van der Waals surface area (Å²) in [6.45, 7) is 1.31. The van der Waals surface area contributed by atoms with Crippen LogP contribution in [0.15, 0.2) is 18.2 Å².